The van der Waals surface area contributed by atoms with Gasteiger partial charge in [-0.25, -0.2) is 0 Å². The van der Waals surface area contributed by atoms with E-state index in [9.17, 15) is 0 Å². The first-order chi connectivity index (χ1) is 3.86. The van der Waals surface area contributed by atoms with Crippen LogP contribution >= 0.6 is 0 Å². The van der Waals surface area contributed by atoms with Crippen molar-refractivity contribution in [1.29, 1.82) is 0 Å². The zero-order chi connectivity index (χ0) is 5.56. The molecule has 0 aliphatic heterocycles. The van der Waals surface area contributed by atoms with Crippen LogP contribution in [-0.4, -0.2) is 0 Å². The molecule has 0 saturated heterocycles. The van der Waals surface area contributed by atoms with E-state index in [4.69, 9.17) is 0 Å². The SMILES string of the molecule is CC1C#CC2CC2C1. The normalized spacial score (nSPS) is 48.9. The second-order valence-corrected chi connectivity index (χ2v) is 3.03. The lowest BCUT2D eigenvalue weighted by atomic mass is 10.0. The van der Waals surface area contributed by atoms with E-state index in [-0.39, 0.29) is 0 Å². The first kappa shape index (κ1) is 4.44. The van der Waals surface area contributed by atoms with Crippen molar-refractivity contribution in [3.8, 4) is 11.8 Å². The number of rotatable bonds is 0. The van der Waals surface area contributed by atoms with Crippen LogP contribution in [0.2, 0.25) is 0 Å². The second-order valence-electron chi connectivity index (χ2n) is 3.03. The van der Waals surface area contributed by atoms with Crippen molar-refractivity contribution < 1.29 is 0 Å². The van der Waals surface area contributed by atoms with Gasteiger partial charge < -0.3 is 0 Å². The number of fused-ring (bicyclic) bond motifs is 1. The average molecular weight is 106 g/mol. The van der Waals surface area contributed by atoms with Gasteiger partial charge in [-0.05, 0) is 18.8 Å². The van der Waals surface area contributed by atoms with Crippen LogP contribution in [0, 0.1) is 29.6 Å². The van der Waals surface area contributed by atoms with Crippen LogP contribution in [0.1, 0.15) is 19.8 Å². The van der Waals surface area contributed by atoms with Crippen molar-refractivity contribution in [2.24, 2.45) is 17.8 Å². The Hall–Kier alpha value is -0.440. The lowest BCUT2D eigenvalue weighted by Crippen LogP contribution is -1.97. The Morgan fingerprint density at radius 2 is 2.12 bits per heavy atom. The van der Waals surface area contributed by atoms with Gasteiger partial charge in [-0.15, -0.1) is 0 Å². The molecule has 0 heterocycles. The van der Waals surface area contributed by atoms with Crippen LogP contribution in [0.3, 0.4) is 0 Å². The molecule has 0 radical (unpaired) electrons. The maximum absolute atomic E-state index is 3.26. The van der Waals surface area contributed by atoms with E-state index in [0.29, 0.717) is 5.92 Å². The Balaban J connectivity index is 2.17. The summed E-state index contributed by atoms with van der Waals surface area (Å²) in [6.07, 6.45) is 2.77. The molecule has 0 aromatic carbocycles. The van der Waals surface area contributed by atoms with Gasteiger partial charge in [0.05, 0.1) is 0 Å². The minimum absolute atomic E-state index is 0.693. The molecule has 8 heavy (non-hydrogen) atoms. The molecule has 3 atom stereocenters. The maximum Gasteiger partial charge on any atom is 0.0235 e. The van der Waals surface area contributed by atoms with E-state index in [1.54, 1.807) is 0 Å². The molecular formula is C8H10. The molecule has 0 bridgehead atoms. The van der Waals surface area contributed by atoms with Gasteiger partial charge in [0.15, 0.2) is 0 Å². The van der Waals surface area contributed by atoms with Gasteiger partial charge in [-0.1, -0.05) is 18.8 Å². The highest BCUT2D eigenvalue weighted by Crippen LogP contribution is 2.44. The number of hydrogen-bond donors (Lipinski definition) is 0. The molecular weight excluding hydrogens is 96.1 g/mol. The molecule has 0 aromatic heterocycles. The summed E-state index contributed by atoms with van der Waals surface area (Å²) in [6.45, 7) is 2.22. The third-order valence-corrected chi connectivity index (χ3v) is 2.09. The minimum atomic E-state index is 0.693. The molecule has 1 fully saturated rings. The Labute approximate surface area is 50.3 Å². The predicted molar refractivity (Wildman–Crippen MR) is 33.2 cm³/mol. The van der Waals surface area contributed by atoms with E-state index in [1.807, 2.05) is 0 Å². The predicted octanol–water partition coefficient (Wildman–Crippen LogP) is 1.67. The molecule has 0 nitrogen and oxygen atoms in total. The van der Waals surface area contributed by atoms with E-state index in [2.05, 4.69) is 18.8 Å². The number of hydrogen-bond acceptors (Lipinski definition) is 0. The maximum atomic E-state index is 3.26. The third kappa shape index (κ3) is 0.545. The molecule has 0 amide bonds. The smallest absolute Gasteiger partial charge is 0.0235 e. The Kier molecular flexibility index (Phi) is 0.713. The summed E-state index contributed by atoms with van der Waals surface area (Å²) < 4.78 is 0. The summed E-state index contributed by atoms with van der Waals surface area (Å²) in [4.78, 5) is 0. The van der Waals surface area contributed by atoms with Crippen LogP contribution in [0.4, 0.5) is 0 Å². The van der Waals surface area contributed by atoms with Crippen molar-refractivity contribution in [2.75, 3.05) is 0 Å². The van der Waals surface area contributed by atoms with Crippen LogP contribution < -0.4 is 0 Å². The van der Waals surface area contributed by atoms with Crippen molar-refractivity contribution in [2.45, 2.75) is 19.8 Å². The van der Waals surface area contributed by atoms with Crippen molar-refractivity contribution in [3.05, 3.63) is 0 Å². The van der Waals surface area contributed by atoms with Crippen LogP contribution in [0.5, 0.6) is 0 Å². The van der Waals surface area contributed by atoms with Gasteiger partial charge in [0.1, 0.15) is 0 Å². The van der Waals surface area contributed by atoms with Gasteiger partial charge >= 0.3 is 0 Å². The lowest BCUT2D eigenvalue weighted by molar-refractivity contribution is 0.579. The molecule has 42 valence electrons. The Morgan fingerprint density at radius 1 is 1.25 bits per heavy atom. The third-order valence-electron chi connectivity index (χ3n) is 2.09. The molecule has 0 heteroatoms. The standard InChI is InChI=1S/C8H10/c1-6-2-3-7-5-8(7)4-6/h6-8H,4-5H2,1H3. The van der Waals surface area contributed by atoms with E-state index in [0.717, 1.165) is 11.8 Å². The largest absolute Gasteiger partial charge is 0.0999 e. The lowest BCUT2D eigenvalue weighted by Gasteiger charge is -2.03. The molecule has 0 N–H and O–H groups in total. The first-order valence-corrected chi connectivity index (χ1v) is 3.37. The molecule has 2 aliphatic rings. The summed E-state index contributed by atoms with van der Waals surface area (Å²) in [5.74, 6) is 9.00. The topological polar surface area (TPSA) is 0 Å². The van der Waals surface area contributed by atoms with Crippen molar-refractivity contribution in [3.63, 3.8) is 0 Å². The van der Waals surface area contributed by atoms with Gasteiger partial charge in [-0.3, -0.25) is 0 Å². The summed E-state index contributed by atoms with van der Waals surface area (Å²) >= 11 is 0. The van der Waals surface area contributed by atoms with Crippen molar-refractivity contribution in [1.82, 2.24) is 0 Å². The van der Waals surface area contributed by atoms with Crippen LogP contribution in [-0.2, 0) is 0 Å². The van der Waals surface area contributed by atoms with Gasteiger partial charge in [0, 0.05) is 11.8 Å². The van der Waals surface area contributed by atoms with E-state index >= 15 is 0 Å². The average Bonchev–Trinajstić information content (AvgIpc) is 2.43. The van der Waals surface area contributed by atoms with Gasteiger partial charge in [-0.2, -0.15) is 0 Å². The highest BCUT2D eigenvalue weighted by Gasteiger charge is 2.38. The fourth-order valence-electron chi connectivity index (χ4n) is 1.45. The fraction of sp³-hybridized carbons (Fsp3) is 0.750. The van der Waals surface area contributed by atoms with Crippen molar-refractivity contribution >= 4 is 0 Å². The summed E-state index contributed by atoms with van der Waals surface area (Å²) in [5.41, 5.74) is 0. The second kappa shape index (κ2) is 1.29. The fourth-order valence-corrected chi connectivity index (χ4v) is 1.45. The molecule has 0 aromatic rings. The zero-order valence-electron chi connectivity index (χ0n) is 5.15. The monoisotopic (exact) mass is 106 g/mol. The van der Waals surface area contributed by atoms with Crippen LogP contribution in [0.25, 0.3) is 0 Å². The molecule has 0 spiro atoms. The van der Waals surface area contributed by atoms with E-state index in [1.165, 1.54) is 12.8 Å². The molecule has 1 saturated carbocycles. The quantitative estimate of drug-likeness (QED) is 0.412. The Morgan fingerprint density at radius 3 is 2.75 bits per heavy atom. The van der Waals surface area contributed by atoms with Crippen LogP contribution in [0.15, 0.2) is 0 Å². The molecule has 2 rings (SSSR count). The minimum Gasteiger partial charge on any atom is -0.0999 e. The summed E-state index contributed by atoms with van der Waals surface area (Å²) in [5, 5.41) is 0. The summed E-state index contributed by atoms with van der Waals surface area (Å²) in [6, 6.07) is 0. The van der Waals surface area contributed by atoms with Gasteiger partial charge in [0.25, 0.3) is 0 Å². The first-order valence-electron chi connectivity index (χ1n) is 3.37. The molecule has 2 aliphatic carbocycles. The van der Waals surface area contributed by atoms with Gasteiger partial charge in [0.2, 0.25) is 0 Å². The zero-order valence-corrected chi connectivity index (χ0v) is 5.15. The molecule has 3 unspecified atom stereocenters. The Bertz CT molecular complexity index is 159. The van der Waals surface area contributed by atoms with E-state index < -0.39 is 0 Å². The summed E-state index contributed by atoms with van der Waals surface area (Å²) in [7, 11) is 0. The highest BCUT2D eigenvalue weighted by atomic mass is 14.4. The highest BCUT2D eigenvalue weighted by molar-refractivity contribution is 5.19.